The van der Waals surface area contributed by atoms with Crippen molar-refractivity contribution in [2.24, 2.45) is 0 Å². The van der Waals surface area contributed by atoms with Crippen LogP contribution in [0.15, 0.2) is 9.31 Å². The van der Waals surface area contributed by atoms with Crippen LogP contribution in [-0.2, 0) is 21.4 Å². The van der Waals surface area contributed by atoms with E-state index in [0.29, 0.717) is 11.3 Å². The van der Waals surface area contributed by atoms with Crippen molar-refractivity contribution in [1.82, 2.24) is 4.72 Å². The predicted octanol–water partition coefficient (Wildman–Crippen LogP) is 0.313. The average molecular weight is 263 g/mol. The van der Waals surface area contributed by atoms with Gasteiger partial charge >= 0.3 is 0 Å². The number of nitrogens with one attached hydrogen (secondary N) is 1. The standard InChI is InChI=1S/C10H17NO5S/c1-7-9(6-12)10(8(2)16-7)17(13,14)11-4-5-15-3/h11-12H,4-6H2,1-3H3. The highest BCUT2D eigenvalue weighted by atomic mass is 32.2. The van der Waals surface area contributed by atoms with E-state index >= 15 is 0 Å². The molecular formula is C10H17NO5S. The second-order valence-electron chi connectivity index (χ2n) is 3.57. The van der Waals surface area contributed by atoms with Crippen LogP contribution in [0, 0.1) is 13.8 Å². The smallest absolute Gasteiger partial charge is 0.244 e. The topological polar surface area (TPSA) is 88.8 Å². The number of furan rings is 1. The third kappa shape index (κ3) is 3.06. The molecule has 0 bridgehead atoms. The molecule has 0 unspecified atom stereocenters. The lowest BCUT2D eigenvalue weighted by atomic mass is 10.2. The Labute approximate surface area is 101 Å². The second-order valence-corrected chi connectivity index (χ2v) is 5.27. The number of aliphatic hydroxyl groups excluding tert-OH is 1. The number of sulfonamides is 1. The van der Waals surface area contributed by atoms with E-state index in [1.54, 1.807) is 13.8 Å². The third-order valence-corrected chi connectivity index (χ3v) is 4.01. The van der Waals surface area contributed by atoms with Crippen molar-refractivity contribution in [3.63, 3.8) is 0 Å². The summed E-state index contributed by atoms with van der Waals surface area (Å²) in [4.78, 5) is 0.0219. The number of rotatable bonds is 6. The molecule has 0 aliphatic rings. The predicted molar refractivity (Wildman–Crippen MR) is 61.2 cm³/mol. The zero-order valence-electron chi connectivity index (χ0n) is 10.1. The molecule has 6 nitrogen and oxygen atoms in total. The highest BCUT2D eigenvalue weighted by Gasteiger charge is 2.25. The Morgan fingerprint density at radius 3 is 2.53 bits per heavy atom. The fraction of sp³-hybridized carbons (Fsp3) is 0.600. The molecule has 0 radical (unpaired) electrons. The maximum Gasteiger partial charge on any atom is 0.244 e. The van der Waals surface area contributed by atoms with E-state index < -0.39 is 10.0 Å². The first-order valence-electron chi connectivity index (χ1n) is 5.12. The lowest BCUT2D eigenvalue weighted by Gasteiger charge is -2.06. The van der Waals surface area contributed by atoms with Crippen LogP contribution in [0.5, 0.6) is 0 Å². The van der Waals surface area contributed by atoms with Crippen LogP contribution in [0.1, 0.15) is 17.1 Å². The van der Waals surface area contributed by atoms with E-state index in [0.717, 1.165) is 0 Å². The largest absolute Gasteiger partial charge is 0.465 e. The van der Waals surface area contributed by atoms with Crippen LogP contribution in [0.25, 0.3) is 0 Å². The summed E-state index contributed by atoms with van der Waals surface area (Å²) in [5, 5.41) is 9.17. The van der Waals surface area contributed by atoms with Gasteiger partial charge in [-0.3, -0.25) is 0 Å². The van der Waals surface area contributed by atoms with E-state index in [2.05, 4.69) is 4.72 Å². The van der Waals surface area contributed by atoms with E-state index in [9.17, 15) is 13.5 Å². The van der Waals surface area contributed by atoms with Crippen molar-refractivity contribution in [2.45, 2.75) is 25.3 Å². The summed E-state index contributed by atoms with van der Waals surface area (Å²) in [5.74, 6) is 0.689. The zero-order chi connectivity index (χ0) is 13.1. The van der Waals surface area contributed by atoms with E-state index in [1.165, 1.54) is 7.11 Å². The summed E-state index contributed by atoms with van der Waals surface area (Å²) in [6.07, 6.45) is 0. The van der Waals surface area contributed by atoms with Crippen molar-refractivity contribution in [2.75, 3.05) is 20.3 Å². The molecule has 0 aliphatic carbocycles. The van der Waals surface area contributed by atoms with Crippen molar-refractivity contribution in [1.29, 1.82) is 0 Å². The maximum absolute atomic E-state index is 12.0. The van der Waals surface area contributed by atoms with Crippen LogP contribution in [-0.4, -0.2) is 33.8 Å². The fourth-order valence-corrected chi connectivity index (χ4v) is 3.04. The molecule has 7 heteroatoms. The number of hydrogen-bond acceptors (Lipinski definition) is 5. The van der Waals surface area contributed by atoms with Gasteiger partial charge in [0.1, 0.15) is 16.4 Å². The second kappa shape index (κ2) is 5.63. The van der Waals surface area contributed by atoms with Gasteiger partial charge in [-0.15, -0.1) is 0 Å². The van der Waals surface area contributed by atoms with Gasteiger partial charge in [0.2, 0.25) is 10.0 Å². The summed E-state index contributed by atoms with van der Waals surface area (Å²) in [6.45, 7) is 3.25. The van der Waals surface area contributed by atoms with Crippen molar-refractivity contribution in [3.05, 3.63) is 17.1 Å². The van der Waals surface area contributed by atoms with Crippen molar-refractivity contribution < 1.29 is 22.7 Å². The summed E-state index contributed by atoms with van der Waals surface area (Å²) in [7, 11) is -2.18. The lowest BCUT2D eigenvalue weighted by Crippen LogP contribution is -2.28. The van der Waals surface area contributed by atoms with Crippen LogP contribution in [0.4, 0.5) is 0 Å². The van der Waals surface area contributed by atoms with Gasteiger partial charge in [-0.25, -0.2) is 13.1 Å². The van der Waals surface area contributed by atoms with E-state index in [4.69, 9.17) is 9.15 Å². The molecule has 0 aliphatic heterocycles. The summed E-state index contributed by atoms with van der Waals surface area (Å²) in [5.41, 5.74) is 0.299. The molecule has 0 atom stereocenters. The third-order valence-electron chi connectivity index (χ3n) is 2.35. The number of hydrogen-bond donors (Lipinski definition) is 2. The van der Waals surface area contributed by atoms with Gasteiger partial charge in [0.05, 0.1) is 13.2 Å². The molecule has 1 aromatic heterocycles. The quantitative estimate of drug-likeness (QED) is 0.721. The summed E-state index contributed by atoms with van der Waals surface area (Å²) in [6, 6.07) is 0. The van der Waals surface area contributed by atoms with Crippen LogP contribution in [0.3, 0.4) is 0 Å². The molecular weight excluding hydrogens is 246 g/mol. The first-order chi connectivity index (χ1) is 7.94. The molecule has 0 aromatic carbocycles. The first-order valence-corrected chi connectivity index (χ1v) is 6.60. The minimum atomic E-state index is -3.67. The van der Waals surface area contributed by atoms with Gasteiger partial charge in [0, 0.05) is 19.2 Å². The van der Waals surface area contributed by atoms with E-state index in [-0.39, 0.29) is 30.4 Å². The van der Waals surface area contributed by atoms with Crippen LogP contribution < -0.4 is 4.72 Å². The van der Waals surface area contributed by atoms with Crippen LogP contribution >= 0.6 is 0 Å². The monoisotopic (exact) mass is 263 g/mol. The first kappa shape index (κ1) is 14.2. The molecule has 17 heavy (non-hydrogen) atoms. The molecule has 0 saturated carbocycles. The highest BCUT2D eigenvalue weighted by molar-refractivity contribution is 7.89. The Hall–Kier alpha value is -0.890. The highest BCUT2D eigenvalue weighted by Crippen LogP contribution is 2.26. The van der Waals surface area contributed by atoms with Gasteiger partial charge < -0.3 is 14.3 Å². The molecule has 0 saturated heterocycles. The SMILES string of the molecule is COCCNS(=O)(=O)c1c(C)oc(C)c1CO. The zero-order valence-corrected chi connectivity index (χ0v) is 10.9. The molecule has 2 N–H and O–H groups in total. The Kier molecular flexibility index (Phi) is 4.70. The number of aryl methyl sites for hydroxylation is 2. The van der Waals surface area contributed by atoms with Crippen molar-refractivity contribution in [3.8, 4) is 0 Å². The molecule has 0 fully saturated rings. The normalized spacial score (nSPS) is 12.0. The van der Waals surface area contributed by atoms with Gasteiger partial charge in [-0.1, -0.05) is 0 Å². The molecule has 0 amide bonds. The van der Waals surface area contributed by atoms with Gasteiger partial charge in [0.25, 0.3) is 0 Å². The molecule has 98 valence electrons. The minimum Gasteiger partial charge on any atom is -0.465 e. The Bertz CT molecular complexity index is 477. The Morgan fingerprint density at radius 1 is 1.35 bits per heavy atom. The summed E-state index contributed by atoms with van der Waals surface area (Å²) < 4.78 is 36.3. The minimum absolute atomic E-state index is 0.0219. The molecule has 1 aromatic rings. The fourth-order valence-electron chi connectivity index (χ4n) is 1.59. The van der Waals surface area contributed by atoms with Gasteiger partial charge in [0.15, 0.2) is 0 Å². The number of ether oxygens (including phenoxy) is 1. The number of methoxy groups -OCH3 is 1. The molecule has 1 heterocycles. The average Bonchev–Trinajstić information content (AvgIpc) is 2.53. The lowest BCUT2D eigenvalue weighted by molar-refractivity contribution is 0.204. The Balaban J connectivity index is 3.06. The van der Waals surface area contributed by atoms with E-state index in [1.807, 2.05) is 0 Å². The van der Waals surface area contributed by atoms with Crippen LogP contribution in [0.2, 0.25) is 0 Å². The molecule has 1 rings (SSSR count). The Morgan fingerprint density at radius 2 is 2.00 bits per heavy atom. The van der Waals surface area contributed by atoms with Gasteiger partial charge in [-0.05, 0) is 13.8 Å². The molecule has 0 spiro atoms. The van der Waals surface area contributed by atoms with Crippen molar-refractivity contribution >= 4 is 10.0 Å². The van der Waals surface area contributed by atoms with Gasteiger partial charge in [-0.2, -0.15) is 0 Å². The summed E-state index contributed by atoms with van der Waals surface area (Å²) >= 11 is 0. The maximum atomic E-state index is 12.0. The number of aliphatic hydroxyl groups is 1.